The molecule has 0 aromatic heterocycles. The van der Waals surface area contributed by atoms with E-state index < -0.39 is 0 Å². The highest BCUT2D eigenvalue weighted by Gasteiger charge is 2.00. The highest BCUT2D eigenvalue weighted by atomic mass is 16.1. The lowest BCUT2D eigenvalue weighted by molar-refractivity contribution is 1.37. The first-order valence-corrected chi connectivity index (χ1v) is 3.71. The average molecular weight is 157 g/mol. The Morgan fingerprint density at radius 3 is 2.92 bits per heavy atom. The van der Waals surface area contributed by atoms with Crippen LogP contribution in [0.1, 0.15) is 0 Å². The maximum absolute atomic E-state index is 11.3. The van der Waals surface area contributed by atoms with E-state index in [-0.39, 0.29) is 5.43 Å². The van der Waals surface area contributed by atoms with Gasteiger partial charge < -0.3 is 0 Å². The van der Waals surface area contributed by atoms with E-state index in [1.54, 1.807) is 36.7 Å². The summed E-state index contributed by atoms with van der Waals surface area (Å²) in [6.07, 6.45) is 3.36. The number of rotatable bonds is 0. The van der Waals surface area contributed by atoms with Crippen LogP contribution in [0.4, 0.5) is 0 Å². The van der Waals surface area contributed by atoms with E-state index in [4.69, 9.17) is 0 Å². The van der Waals surface area contributed by atoms with E-state index in [9.17, 15) is 4.79 Å². The number of aromatic nitrogens is 1. The lowest BCUT2D eigenvalue weighted by atomic mass is 10.1. The Labute approximate surface area is 69.9 Å². The van der Waals surface area contributed by atoms with Crippen molar-refractivity contribution < 1.29 is 0 Å². The minimum Gasteiger partial charge on any atom is -0.289 e. The summed E-state index contributed by atoms with van der Waals surface area (Å²) in [6, 6.07) is 8.73. The normalized spacial score (nSPS) is 10.0. The molecule has 0 unspecified atom stereocenters. The number of nitrogens with zero attached hydrogens (tertiary/aromatic N) is 1. The second-order valence-corrected chi connectivity index (χ2v) is 2.55. The van der Waals surface area contributed by atoms with E-state index in [0.29, 0.717) is 0 Å². The van der Waals surface area contributed by atoms with Gasteiger partial charge in [0, 0.05) is 23.5 Å². The molecule has 0 N–H and O–H groups in total. The molecular weight excluding hydrogens is 150 g/mol. The van der Waals surface area contributed by atoms with Gasteiger partial charge in [0.25, 0.3) is 0 Å². The van der Waals surface area contributed by atoms with Crippen LogP contribution in [0.2, 0.25) is 0 Å². The monoisotopic (exact) mass is 157 g/mol. The van der Waals surface area contributed by atoms with E-state index in [1.165, 1.54) is 0 Å². The fourth-order valence-corrected chi connectivity index (χ4v) is 1.16. The van der Waals surface area contributed by atoms with Crippen LogP contribution in [-0.2, 0) is 0 Å². The predicted molar refractivity (Wildman–Crippen MR) is 47.1 cm³/mol. The summed E-state index contributed by atoms with van der Waals surface area (Å²) < 4.78 is 0. The molecule has 0 aromatic rings. The van der Waals surface area contributed by atoms with Gasteiger partial charge in [-0.05, 0) is 18.2 Å². The van der Waals surface area contributed by atoms with Crippen LogP contribution < -0.4 is 5.43 Å². The molecule has 58 valence electrons. The van der Waals surface area contributed by atoms with Crippen molar-refractivity contribution >= 4 is 0 Å². The van der Waals surface area contributed by atoms with Crippen molar-refractivity contribution in [2.45, 2.75) is 0 Å². The smallest absolute Gasteiger partial charge is 0.186 e. The summed E-state index contributed by atoms with van der Waals surface area (Å²) >= 11 is 0. The van der Waals surface area contributed by atoms with Gasteiger partial charge in [0.2, 0.25) is 0 Å². The van der Waals surface area contributed by atoms with Gasteiger partial charge in [-0.1, -0.05) is 12.1 Å². The molecule has 0 bridgehead atoms. The molecule has 1 aliphatic carbocycles. The number of fused-ring (bicyclic) bond motifs is 1. The molecule has 0 spiro atoms. The first-order chi connectivity index (χ1) is 5.88. The molecule has 0 aromatic carbocycles. The Morgan fingerprint density at radius 2 is 2.00 bits per heavy atom. The van der Waals surface area contributed by atoms with Gasteiger partial charge in [-0.3, -0.25) is 9.78 Å². The van der Waals surface area contributed by atoms with Crippen molar-refractivity contribution in [1.29, 1.82) is 0 Å². The molecule has 0 atom stereocenters. The Morgan fingerprint density at radius 1 is 1.08 bits per heavy atom. The maximum atomic E-state index is 11.3. The minimum atomic E-state index is 0.0468. The van der Waals surface area contributed by atoms with E-state index in [0.717, 1.165) is 11.1 Å². The van der Waals surface area contributed by atoms with E-state index in [1.807, 2.05) is 6.07 Å². The van der Waals surface area contributed by atoms with Crippen molar-refractivity contribution in [2.75, 3.05) is 0 Å². The van der Waals surface area contributed by atoms with Gasteiger partial charge in [-0.25, -0.2) is 0 Å². The van der Waals surface area contributed by atoms with E-state index >= 15 is 0 Å². The zero-order valence-corrected chi connectivity index (χ0v) is 6.40. The Kier molecular flexibility index (Phi) is 1.59. The topological polar surface area (TPSA) is 30.0 Å². The van der Waals surface area contributed by atoms with Crippen molar-refractivity contribution in [1.82, 2.24) is 4.98 Å². The Bertz CT molecular complexity index is 425. The van der Waals surface area contributed by atoms with Gasteiger partial charge in [-0.15, -0.1) is 0 Å². The SMILES string of the molecule is O=c1cccc2cncccc1-2. The number of benzene rings is 1. The molecule has 2 aliphatic rings. The molecule has 12 heavy (non-hydrogen) atoms. The molecular formula is C10H7NO. The van der Waals surface area contributed by atoms with Gasteiger partial charge >= 0.3 is 0 Å². The molecule has 0 radical (unpaired) electrons. The van der Waals surface area contributed by atoms with Crippen LogP contribution in [0.3, 0.4) is 0 Å². The molecule has 1 aliphatic heterocycles. The fraction of sp³-hybridized carbons (Fsp3) is 0. The molecule has 2 rings (SSSR count). The first-order valence-electron chi connectivity index (χ1n) is 3.71. The van der Waals surface area contributed by atoms with Gasteiger partial charge in [-0.2, -0.15) is 0 Å². The van der Waals surface area contributed by atoms with Crippen LogP contribution in [0.5, 0.6) is 0 Å². The maximum Gasteiger partial charge on any atom is 0.186 e. The van der Waals surface area contributed by atoms with Crippen LogP contribution in [0.15, 0.2) is 47.5 Å². The van der Waals surface area contributed by atoms with Crippen LogP contribution in [0.25, 0.3) is 11.1 Å². The van der Waals surface area contributed by atoms with Crippen LogP contribution >= 0.6 is 0 Å². The Hall–Kier alpha value is -1.70. The molecule has 0 saturated carbocycles. The summed E-state index contributed by atoms with van der Waals surface area (Å²) in [7, 11) is 0. The molecule has 0 saturated heterocycles. The zero-order chi connectivity index (χ0) is 8.39. The zero-order valence-electron chi connectivity index (χ0n) is 6.40. The first kappa shape index (κ1) is 6.98. The van der Waals surface area contributed by atoms with Gasteiger partial charge in [0.15, 0.2) is 5.43 Å². The fourth-order valence-electron chi connectivity index (χ4n) is 1.16. The third-order valence-electron chi connectivity index (χ3n) is 1.75. The van der Waals surface area contributed by atoms with Crippen LogP contribution in [0, 0.1) is 0 Å². The largest absolute Gasteiger partial charge is 0.289 e. The molecule has 2 nitrogen and oxygen atoms in total. The summed E-state index contributed by atoms with van der Waals surface area (Å²) in [5.74, 6) is 0. The third kappa shape index (κ3) is 1.07. The highest BCUT2D eigenvalue weighted by molar-refractivity contribution is 5.62. The predicted octanol–water partition coefficient (Wildman–Crippen LogP) is 1.55. The van der Waals surface area contributed by atoms with Gasteiger partial charge in [0.1, 0.15) is 0 Å². The van der Waals surface area contributed by atoms with E-state index in [2.05, 4.69) is 4.98 Å². The van der Waals surface area contributed by atoms with Gasteiger partial charge in [0.05, 0.1) is 0 Å². The highest BCUT2D eigenvalue weighted by Crippen LogP contribution is 2.12. The second-order valence-electron chi connectivity index (χ2n) is 2.55. The molecule has 1 heterocycles. The quantitative estimate of drug-likeness (QED) is 0.580. The third-order valence-corrected chi connectivity index (χ3v) is 1.75. The van der Waals surface area contributed by atoms with Crippen molar-refractivity contribution in [3.63, 3.8) is 0 Å². The summed E-state index contributed by atoms with van der Waals surface area (Å²) in [5.41, 5.74) is 1.65. The average Bonchev–Trinajstić information content (AvgIpc) is 2.30. The lowest BCUT2D eigenvalue weighted by Gasteiger charge is -1.94. The summed E-state index contributed by atoms with van der Waals surface area (Å²) in [5, 5.41) is 0. The molecule has 2 heteroatoms. The second kappa shape index (κ2) is 2.74. The standard InChI is InChI=1S/C10H7NO/c12-10-5-1-3-8-7-11-6-2-4-9(8)10/h1-7H. The lowest BCUT2D eigenvalue weighted by Crippen LogP contribution is -2.00. The summed E-state index contributed by atoms with van der Waals surface area (Å²) in [4.78, 5) is 15.3. The minimum absolute atomic E-state index is 0.0468. The van der Waals surface area contributed by atoms with Crippen molar-refractivity contribution in [2.24, 2.45) is 0 Å². The number of hydrogen-bond donors (Lipinski definition) is 0. The van der Waals surface area contributed by atoms with Crippen molar-refractivity contribution in [3.05, 3.63) is 52.9 Å². The Balaban J connectivity index is 2.88. The number of hydrogen-bond acceptors (Lipinski definition) is 2. The molecule has 0 amide bonds. The molecule has 0 fully saturated rings. The summed E-state index contributed by atoms with van der Waals surface area (Å²) in [6.45, 7) is 0. The van der Waals surface area contributed by atoms with Crippen molar-refractivity contribution in [3.8, 4) is 11.1 Å². The van der Waals surface area contributed by atoms with Crippen LogP contribution in [-0.4, -0.2) is 4.98 Å².